The molecule has 1 aromatic carbocycles. The van der Waals surface area contributed by atoms with Gasteiger partial charge in [0.1, 0.15) is 5.65 Å². The molecule has 0 saturated heterocycles. The molecule has 0 radical (unpaired) electrons. The summed E-state index contributed by atoms with van der Waals surface area (Å²) in [6, 6.07) is 13.8. The fourth-order valence-electron chi connectivity index (χ4n) is 3.81. The molecule has 0 fully saturated rings. The van der Waals surface area contributed by atoms with Crippen molar-refractivity contribution in [1.82, 2.24) is 24.3 Å². The van der Waals surface area contributed by atoms with Crippen molar-refractivity contribution in [3.05, 3.63) is 82.5 Å². The Balaban J connectivity index is 1.38. The van der Waals surface area contributed by atoms with E-state index in [2.05, 4.69) is 38.5 Å². The van der Waals surface area contributed by atoms with Crippen LogP contribution in [0.1, 0.15) is 22.6 Å². The smallest absolute Gasteiger partial charge is 0.159 e. The number of aromatic nitrogens is 4. The van der Waals surface area contributed by atoms with Crippen molar-refractivity contribution in [2.45, 2.75) is 26.4 Å². The lowest BCUT2D eigenvalue weighted by molar-refractivity contribution is 0.239. The van der Waals surface area contributed by atoms with E-state index < -0.39 is 0 Å². The monoisotopic (exact) mass is 389 g/mol. The number of hydrogen-bond acceptors (Lipinski definition) is 4. The molecule has 0 spiro atoms. The van der Waals surface area contributed by atoms with Gasteiger partial charge in [0, 0.05) is 54.6 Å². The summed E-state index contributed by atoms with van der Waals surface area (Å²) in [5, 5.41) is 0.722. The largest absolute Gasteiger partial charge is 0.302 e. The highest BCUT2D eigenvalue weighted by atomic mass is 35.5. The first-order valence-electron chi connectivity index (χ1n) is 9.43. The molecule has 140 valence electrons. The standard InChI is InChI=1S/C22H20ClN5/c1-15-20(28-10-3-2-4-21(28)25-15)14-27-11-9-19-17(13-27)12-24-22(26-19)16-5-7-18(23)8-6-16/h2-8,10,12H,9,11,13-14H2,1H3. The molecule has 3 aromatic heterocycles. The van der Waals surface area contributed by atoms with Crippen LogP contribution in [-0.4, -0.2) is 30.8 Å². The van der Waals surface area contributed by atoms with Crippen LogP contribution in [0.3, 0.4) is 0 Å². The number of fused-ring (bicyclic) bond motifs is 2. The van der Waals surface area contributed by atoms with Gasteiger partial charge >= 0.3 is 0 Å². The van der Waals surface area contributed by atoms with Gasteiger partial charge < -0.3 is 4.40 Å². The molecule has 5 rings (SSSR count). The highest BCUT2D eigenvalue weighted by Crippen LogP contribution is 2.24. The Morgan fingerprint density at radius 2 is 1.93 bits per heavy atom. The van der Waals surface area contributed by atoms with Crippen LogP contribution in [0.5, 0.6) is 0 Å². The van der Waals surface area contributed by atoms with Crippen LogP contribution in [0, 0.1) is 6.92 Å². The Morgan fingerprint density at radius 1 is 1.07 bits per heavy atom. The third-order valence-electron chi connectivity index (χ3n) is 5.32. The molecule has 0 unspecified atom stereocenters. The summed E-state index contributed by atoms with van der Waals surface area (Å²) < 4.78 is 2.19. The van der Waals surface area contributed by atoms with E-state index >= 15 is 0 Å². The fraction of sp³-hybridized carbons (Fsp3) is 0.227. The van der Waals surface area contributed by atoms with Crippen molar-refractivity contribution in [2.24, 2.45) is 0 Å². The normalized spacial score (nSPS) is 14.4. The predicted octanol–water partition coefficient (Wildman–Crippen LogP) is 4.31. The molecular weight excluding hydrogens is 370 g/mol. The first kappa shape index (κ1) is 17.3. The van der Waals surface area contributed by atoms with Crippen molar-refractivity contribution >= 4 is 17.2 Å². The summed E-state index contributed by atoms with van der Waals surface area (Å²) in [7, 11) is 0. The third kappa shape index (κ3) is 3.17. The topological polar surface area (TPSA) is 46.3 Å². The van der Waals surface area contributed by atoms with E-state index in [0.29, 0.717) is 0 Å². The van der Waals surface area contributed by atoms with E-state index in [-0.39, 0.29) is 0 Å². The Morgan fingerprint density at radius 3 is 2.79 bits per heavy atom. The number of aryl methyl sites for hydroxylation is 1. The van der Waals surface area contributed by atoms with Crippen LogP contribution < -0.4 is 0 Å². The summed E-state index contributed by atoms with van der Waals surface area (Å²) in [5.41, 5.74) is 6.69. The molecule has 0 bridgehead atoms. The van der Waals surface area contributed by atoms with Crippen LogP contribution >= 0.6 is 11.6 Å². The Bertz CT molecular complexity index is 1150. The number of imidazole rings is 1. The molecule has 4 aromatic rings. The van der Waals surface area contributed by atoms with Gasteiger partial charge in [-0.3, -0.25) is 4.90 Å². The minimum absolute atomic E-state index is 0.722. The molecule has 4 heterocycles. The zero-order valence-electron chi connectivity index (χ0n) is 15.6. The van der Waals surface area contributed by atoms with Crippen LogP contribution in [0.25, 0.3) is 17.0 Å². The lowest BCUT2D eigenvalue weighted by Gasteiger charge is -2.28. The summed E-state index contributed by atoms with van der Waals surface area (Å²) in [6.07, 6.45) is 4.98. The molecule has 0 aliphatic carbocycles. The van der Waals surface area contributed by atoms with E-state index in [1.165, 1.54) is 11.3 Å². The average molecular weight is 390 g/mol. The van der Waals surface area contributed by atoms with Crippen molar-refractivity contribution in [3.8, 4) is 11.4 Å². The second kappa shape index (κ2) is 7.00. The van der Waals surface area contributed by atoms with Crippen LogP contribution in [0.15, 0.2) is 54.9 Å². The molecule has 28 heavy (non-hydrogen) atoms. The highest BCUT2D eigenvalue weighted by molar-refractivity contribution is 6.30. The van der Waals surface area contributed by atoms with E-state index in [1.54, 1.807) is 0 Å². The SMILES string of the molecule is Cc1nc2ccccn2c1CN1CCc2nc(-c3ccc(Cl)cc3)ncc2C1. The quantitative estimate of drug-likeness (QED) is 0.523. The number of benzene rings is 1. The van der Waals surface area contributed by atoms with Gasteiger partial charge in [0.15, 0.2) is 5.82 Å². The Hall–Kier alpha value is -2.76. The molecule has 6 heteroatoms. The van der Waals surface area contributed by atoms with Crippen LogP contribution in [0.2, 0.25) is 5.02 Å². The summed E-state index contributed by atoms with van der Waals surface area (Å²) in [6.45, 7) is 4.79. The number of halogens is 1. The van der Waals surface area contributed by atoms with Gasteiger partial charge in [-0.25, -0.2) is 15.0 Å². The molecule has 0 atom stereocenters. The first-order valence-corrected chi connectivity index (χ1v) is 9.81. The van der Waals surface area contributed by atoms with E-state index in [1.807, 2.05) is 42.6 Å². The summed E-state index contributed by atoms with van der Waals surface area (Å²) >= 11 is 5.98. The van der Waals surface area contributed by atoms with Gasteiger partial charge in [-0.2, -0.15) is 0 Å². The van der Waals surface area contributed by atoms with Crippen LogP contribution in [-0.2, 0) is 19.5 Å². The first-order chi connectivity index (χ1) is 13.7. The maximum absolute atomic E-state index is 5.98. The third-order valence-corrected chi connectivity index (χ3v) is 5.57. The van der Waals surface area contributed by atoms with Gasteiger partial charge in [-0.1, -0.05) is 17.7 Å². The predicted molar refractivity (Wildman–Crippen MR) is 110 cm³/mol. The van der Waals surface area contributed by atoms with Crippen molar-refractivity contribution in [2.75, 3.05) is 6.54 Å². The number of pyridine rings is 1. The van der Waals surface area contributed by atoms with Gasteiger partial charge in [-0.15, -0.1) is 0 Å². The average Bonchev–Trinajstić information content (AvgIpc) is 3.03. The minimum Gasteiger partial charge on any atom is -0.302 e. The molecule has 0 saturated carbocycles. The molecular formula is C22H20ClN5. The molecule has 1 aliphatic heterocycles. The number of rotatable bonds is 3. The Labute approximate surface area is 168 Å². The zero-order chi connectivity index (χ0) is 19.1. The molecule has 0 N–H and O–H groups in total. The highest BCUT2D eigenvalue weighted by Gasteiger charge is 2.21. The van der Waals surface area contributed by atoms with Crippen LogP contribution in [0.4, 0.5) is 0 Å². The van der Waals surface area contributed by atoms with Gasteiger partial charge in [0.25, 0.3) is 0 Å². The van der Waals surface area contributed by atoms with Gasteiger partial charge in [0.05, 0.1) is 17.1 Å². The van der Waals surface area contributed by atoms with Crippen molar-refractivity contribution in [3.63, 3.8) is 0 Å². The van der Waals surface area contributed by atoms with Crippen molar-refractivity contribution < 1.29 is 0 Å². The minimum atomic E-state index is 0.722. The fourth-order valence-corrected chi connectivity index (χ4v) is 3.94. The van der Waals surface area contributed by atoms with Gasteiger partial charge in [0.2, 0.25) is 0 Å². The van der Waals surface area contributed by atoms with Crippen molar-refractivity contribution in [1.29, 1.82) is 0 Å². The maximum Gasteiger partial charge on any atom is 0.159 e. The lowest BCUT2D eigenvalue weighted by Crippen LogP contribution is -2.31. The van der Waals surface area contributed by atoms with Gasteiger partial charge in [-0.05, 0) is 43.3 Å². The summed E-state index contributed by atoms with van der Waals surface area (Å²) in [5.74, 6) is 0.765. The van der Waals surface area contributed by atoms with E-state index in [0.717, 1.165) is 59.5 Å². The summed E-state index contributed by atoms with van der Waals surface area (Å²) in [4.78, 5) is 16.5. The Kier molecular flexibility index (Phi) is 4.34. The van der Waals surface area contributed by atoms with E-state index in [4.69, 9.17) is 16.6 Å². The molecule has 5 nitrogen and oxygen atoms in total. The molecule has 1 aliphatic rings. The lowest BCUT2D eigenvalue weighted by atomic mass is 10.1. The number of nitrogens with zero attached hydrogens (tertiary/aromatic N) is 5. The zero-order valence-corrected chi connectivity index (χ0v) is 16.4. The van der Waals surface area contributed by atoms with E-state index in [9.17, 15) is 0 Å². The second-order valence-corrected chi connectivity index (χ2v) is 7.64. The molecule has 0 amide bonds. The maximum atomic E-state index is 5.98. The second-order valence-electron chi connectivity index (χ2n) is 7.21. The number of hydrogen-bond donors (Lipinski definition) is 0.